The van der Waals surface area contributed by atoms with Crippen molar-refractivity contribution in [2.45, 2.75) is 57.9 Å². The molecule has 1 N–H and O–H groups in total. The molecule has 1 atom stereocenters. The number of ether oxygens (including phenoxy) is 2. The number of hydrogen-bond donors (Lipinski definition) is 1. The van der Waals surface area contributed by atoms with Crippen LogP contribution in [-0.4, -0.2) is 28.6 Å². The van der Waals surface area contributed by atoms with Crippen LogP contribution in [0.3, 0.4) is 0 Å². The summed E-state index contributed by atoms with van der Waals surface area (Å²) in [6.45, 7) is 3.32. The minimum Gasteiger partial charge on any atom is -0.497 e. The number of carbonyl (C=O) groups excluding carboxylic acids is 1. The highest BCUT2D eigenvalue weighted by Gasteiger charge is 2.28. The van der Waals surface area contributed by atoms with Gasteiger partial charge in [-0.3, -0.25) is 4.79 Å². The lowest BCUT2D eigenvalue weighted by Gasteiger charge is -2.27. The Morgan fingerprint density at radius 3 is 2.67 bits per heavy atom. The Hall–Kier alpha value is -2.34. The molecule has 27 heavy (non-hydrogen) atoms. The highest BCUT2D eigenvalue weighted by atomic mass is 16.5. The van der Waals surface area contributed by atoms with Crippen LogP contribution in [0.15, 0.2) is 30.6 Å². The third-order valence-electron chi connectivity index (χ3n) is 5.78. The minimum atomic E-state index is -0.0743. The molecule has 0 unspecified atom stereocenters. The van der Waals surface area contributed by atoms with Crippen LogP contribution in [0.5, 0.6) is 5.75 Å². The highest BCUT2D eigenvalue weighted by Crippen LogP contribution is 2.29. The van der Waals surface area contributed by atoms with E-state index in [1.165, 1.54) is 12.8 Å². The van der Waals surface area contributed by atoms with Gasteiger partial charge in [0.2, 0.25) is 0 Å². The minimum absolute atomic E-state index is 0.0478. The fraction of sp³-hybridized carbons (Fsp3) is 0.524. The topological polar surface area (TPSA) is 65.4 Å². The lowest BCUT2D eigenvalue weighted by Crippen LogP contribution is -2.38. The molecule has 0 bridgehead atoms. The molecule has 1 aromatic heterocycles. The Labute approximate surface area is 159 Å². The third kappa shape index (κ3) is 3.86. The number of methoxy groups -OCH3 is 1. The van der Waals surface area contributed by atoms with Crippen LogP contribution < -0.4 is 10.1 Å². The third-order valence-corrected chi connectivity index (χ3v) is 5.78. The van der Waals surface area contributed by atoms with Crippen molar-refractivity contribution in [3.8, 4) is 5.75 Å². The molecule has 1 aromatic carbocycles. The van der Waals surface area contributed by atoms with Crippen molar-refractivity contribution in [3.63, 3.8) is 0 Å². The van der Waals surface area contributed by atoms with Crippen LogP contribution in [0, 0.1) is 5.92 Å². The number of rotatable bonds is 4. The van der Waals surface area contributed by atoms with Crippen molar-refractivity contribution >= 4 is 5.91 Å². The van der Waals surface area contributed by atoms with Gasteiger partial charge in [0.25, 0.3) is 5.91 Å². The second-order valence-electron chi connectivity index (χ2n) is 7.70. The van der Waals surface area contributed by atoms with Gasteiger partial charge in [-0.2, -0.15) is 0 Å². The van der Waals surface area contributed by atoms with Crippen LogP contribution in [0.4, 0.5) is 0 Å². The average Bonchev–Trinajstić information content (AvgIpc) is 3.13. The Balaban J connectivity index is 1.42. The van der Waals surface area contributed by atoms with Crippen LogP contribution in [0.1, 0.15) is 60.5 Å². The zero-order valence-electron chi connectivity index (χ0n) is 16.0. The van der Waals surface area contributed by atoms with Crippen molar-refractivity contribution in [1.82, 2.24) is 14.9 Å². The summed E-state index contributed by atoms with van der Waals surface area (Å²) in [5.74, 6) is 1.52. The maximum Gasteiger partial charge on any atom is 0.272 e. The van der Waals surface area contributed by atoms with Gasteiger partial charge in [0.15, 0.2) is 5.69 Å². The fourth-order valence-electron chi connectivity index (χ4n) is 4.00. The van der Waals surface area contributed by atoms with E-state index in [4.69, 9.17) is 9.47 Å². The summed E-state index contributed by atoms with van der Waals surface area (Å²) in [7, 11) is 1.66. The first-order chi connectivity index (χ1) is 13.1. The Bertz CT molecular complexity index is 792. The second-order valence-corrected chi connectivity index (χ2v) is 7.70. The zero-order chi connectivity index (χ0) is 18.8. The van der Waals surface area contributed by atoms with Gasteiger partial charge >= 0.3 is 0 Å². The Morgan fingerprint density at radius 1 is 1.22 bits per heavy atom. The van der Waals surface area contributed by atoms with E-state index in [-0.39, 0.29) is 18.1 Å². The first-order valence-electron chi connectivity index (χ1n) is 9.74. The molecule has 0 saturated heterocycles. The lowest BCUT2D eigenvalue weighted by molar-refractivity contribution is 0.00253. The van der Waals surface area contributed by atoms with Crippen molar-refractivity contribution < 1.29 is 14.3 Å². The number of amides is 1. The molecule has 4 rings (SSSR count). The molecule has 2 aromatic rings. The first-order valence-corrected chi connectivity index (χ1v) is 9.74. The fourth-order valence-corrected chi connectivity index (χ4v) is 4.00. The van der Waals surface area contributed by atoms with Gasteiger partial charge in [-0.1, -0.05) is 19.1 Å². The molecule has 2 aliphatic rings. The van der Waals surface area contributed by atoms with E-state index >= 15 is 0 Å². The molecule has 1 saturated carbocycles. The van der Waals surface area contributed by atoms with E-state index in [0.717, 1.165) is 35.8 Å². The molecular formula is C21H27N3O3. The van der Waals surface area contributed by atoms with E-state index < -0.39 is 0 Å². The summed E-state index contributed by atoms with van der Waals surface area (Å²) in [5.41, 5.74) is 2.46. The molecule has 0 radical (unpaired) electrons. The van der Waals surface area contributed by atoms with E-state index in [2.05, 4.69) is 17.2 Å². The quantitative estimate of drug-likeness (QED) is 0.896. The number of aromatic nitrogens is 2. The normalized spacial score (nSPS) is 24.9. The van der Waals surface area contributed by atoms with Gasteiger partial charge in [0, 0.05) is 6.04 Å². The van der Waals surface area contributed by atoms with Crippen LogP contribution in [0.2, 0.25) is 0 Å². The second kappa shape index (κ2) is 7.72. The number of benzene rings is 1. The van der Waals surface area contributed by atoms with E-state index in [1.807, 2.05) is 28.8 Å². The SMILES string of the molecule is COc1ccc([C@@H]2Cn3cnc(C(=O)NC4CCC(C)CC4)c3CO2)cc1. The monoisotopic (exact) mass is 369 g/mol. The molecule has 1 fully saturated rings. The first kappa shape index (κ1) is 18.0. The van der Waals surface area contributed by atoms with Crippen LogP contribution in [0.25, 0.3) is 0 Å². The number of imidazole rings is 1. The summed E-state index contributed by atoms with van der Waals surface area (Å²) in [4.78, 5) is 17.1. The Kier molecular flexibility index (Phi) is 5.16. The number of carbonyl (C=O) groups is 1. The van der Waals surface area contributed by atoms with Gasteiger partial charge < -0.3 is 19.4 Å². The molecule has 1 amide bonds. The summed E-state index contributed by atoms with van der Waals surface area (Å²) in [6.07, 6.45) is 6.18. The number of hydrogen-bond acceptors (Lipinski definition) is 4. The smallest absolute Gasteiger partial charge is 0.272 e. The van der Waals surface area contributed by atoms with Crippen molar-refractivity contribution in [2.24, 2.45) is 5.92 Å². The van der Waals surface area contributed by atoms with Gasteiger partial charge in [-0.25, -0.2) is 4.98 Å². The van der Waals surface area contributed by atoms with E-state index in [1.54, 1.807) is 13.4 Å². The molecule has 144 valence electrons. The predicted molar refractivity (Wildman–Crippen MR) is 102 cm³/mol. The molecule has 2 heterocycles. The molecule has 6 nitrogen and oxygen atoms in total. The Morgan fingerprint density at radius 2 is 1.96 bits per heavy atom. The highest BCUT2D eigenvalue weighted by molar-refractivity contribution is 5.93. The van der Waals surface area contributed by atoms with E-state index in [9.17, 15) is 4.79 Å². The standard InChI is InChI=1S/C21H27N3O3/c1-14-3-7-16(8-4-14)23-21(25)20-18-12-27-19(11-24(18)13-22-20)15-5-9-17(26-2)10-6-15/h5-6,9-10,13-14,16,19H,3-4,7-8,11-12H2,1-2H3,(H,23,25)/t14?,16?,19-/m0/s1. The number of nitrogens with one attached hydrogen (secondary N) is 1. The van der Waals surface area contributed by atoms with Crippen molar-refractivity contribution in [3.05, 3.63) is 47.5 Å². The number of nitrogens with zero attached hydrogens (tertiary/aromatic N) is 2. The maximum atomic E-state index is 12.7. The van der Waals surface area contributed by atoms with Gasteiger partial charge in [-0.15, -0.1) is 0 Å². The average molecular weight is 369 g/mol. The molecule has 1 aliphatic carbocycles. The lowest BCUT2D eigenvalue weighted by atomic mass is 9.87. The summed E-state index contributed by atoms with van der Waals surface area (Å²) in [5, 5.41) is 3.16. The number of fused-ring (bicyclic) bond motifs is 1. The summed E-state index contributed by atoms with van der Waals surface area (Å²) >= 11 is 0. The molecule has 1 aliphatic heterocycles. The molecule has 6 heteroatoms. The van der Waals surface area contributed by atoms with Gasteiger partial charge in [-0.05, 0) is 49.3 Å². The molecule has 0 spiro atoms. The predicted octanol–water partition coefficient (Wildman–Crippen LogP) is 3.47. The van der Waals surface area contributed by atoms with Gasteiger partial charge in [0.1, 0.15) is 11.9 Å². The summed E-state index contributed by atoms with van der Waals surface area (Å²) < 4.78 is 13.3. The van der Waals surface area contributed by atoms with Crippen LogP contribution >= 0.6 is 0 Å². The molecular weight excluding hydrogens is 342 g/mol. The van der Waals surface area contributed by atoms with Crippen LogP contribution in [-0.2, 0) is 17.9 Å². The zero-order valence-corrected chi connectivity index (χ0v) is 16.0. The summed E-state index contributed by atoms with van der Waals surface area (Å²) in [6, 6.07) is 8.17. The van der Waals surface area contributed by atoms with Crippen molar-refractivity contribution in [2.75, 3.05) is 7.11 Å². The van der Waals surface area contributed by atoms with Crippen molar-refractivity contribution in [1.29, 1.82) is 0 Å². The van der Waals surface area contributed by atoms with Gasteiger partial charge in [0.05, 0.1) is 32.3 Å². The van der Waals surface area contributed by atoms with E-state index in [0.29, 0.717) is 18.8 Å². The maximum absolute atomic E-state index is 12.7. The largest absolute Gasteiger partial charge is 0.497 e.